The van der Waals surface area contributed by atoms with Gasteiger partial charge in [-0.25, -0.2) is 0 Å². The van der Waals surface area contributed by atoms with Crippen molar-refractivity contribution in [2.24, 2.45) is 0 Å². The van der Waals surface area contributed by atoms with Crippen LogP contribution in [0.5, 0.6) is 0 Å². The monoisotopic (exact) mass is 211 g/mol. The Bertz CT molecular complexity index is 388. The van der Waals surface area contributed by atoms with Crippen LogP contribution in [0.4, 0.5) is 0 Å². The minimum absolute atomic E-state index is 0.419. The lowest BCUT2D eigenvalue weighted by atomic mass is 10.1. The highest BCUT2D eigenvalue weighted by atomic mass is 35.5. The molecule has 3 heteroatoms. The molecule has 13 heavy (non-hydrogen) atoms. The number of allylic oxidation sites excluding steroid dienone is 1. The average Bonchev–Trinajstić information content (AvgIpc) is 2.10. The van der Waals surface area contributed by atoms with E-state index in [4.69, 9.17) is 28.5 Å². The van der Waals surface area contributed by atoms with Crippen LogP contribution in [0.2, 0.25) is 5.02 Å². The summed E-state index contributed by atoms with van der Waals surface area (Å²) in [6.07, 6.45) is 1.29. The standard InChI is InChI=1S/C10H7Cl2N/c1-7-8(10(12)5-6-13)3-2-4-9(7)11/h2-5H,1H3/b10-5-. The van der Waals surface area contributed by atoms with Crippen molar-refractivity contribution in [2.45, 2.75) is 6.92 Å². The summed E-state index contributed by atoms with van der Waals surface area (Å²) in [5.41, 5.74) is 1.69. The first-order chi connectivity index (χ1) is 6.16. The second-order valence-electron chi connectivity index (χ2n) is 2.53. The lowest BCUT2D eigenvalue weighted by molar-refractivity contribution is 1.44. The maximum Gasteiger partial charge on any atom is 0.0927 e. The second kappa shape index (κ2) is 4.32. The molecule has 66 valence electrons. The molecule has 1 aromatic rings. The quantitative estimate of drug-likeness (QED) is 0.650. The highest BCUT2D eigenvalue weighted by Crippen LogP contribution is 2.26. The number of hydrogen-bond donors (Lipinski definition) is 0. The topological polar surface area (TPSA) is 23.8 Å². The zero-order valence-electron chi connectivity index (χ0n) is 7.01. The molecule has 1 nitrogen and oxygen atoms in total. The molecule has 0 atom stereocenters. The molecular weight excluding hydrogens is 205 g/mol. The van der Waals surface area contributed by atoms with E-state index < -0.39 is 0 Å². The smallest absolute Gasteiger partial charge is 0.0927 e. The summed E-state index contributed by atoms with van der Waals surface area (Å²) in [6.45, 7) is 1.87. The molecule has 0 radical (unpaired) electrons. The summed E-state index contributed by atoms with van der Waals surface area (Å²) in [7, 11) is 0. The van der Waals surface area contributed by atoms with Crippen LogP contribution in [0, 0.1) is 18.3 Å². The summed E-state index contributed by atoms with van der Waals surface area (Å²) in [5.74, 6) is 0. The van der Waals surface area contributed by atoms with Gasteiger partial charge in [0.25, 0.3) is 0 Å². The molecule has 0 bridgehead atoms. The Morgan fingerprint density at radius 1 is 1.54 bits per heavy atom. The zero-order chi connectivity index (χ0) is 9.84. The van der Waals surface area contributed by atoms with Crippen molar-refractivity contribution in [2.75, 3.05) is 0 Å². The SMILES string of the molecule is Cc1c(Cl)cccc1/C(Cl)=C/C#N. The predicted octanol–water partition coefficient (Wildman–Crippen LogP) is 3.75. The van der Waals surface area contributed by atoms with Crippen LogP contribution in [0.3, 0.4) is 0 Å². The molecule has 0 heterocycles. The van der Waals surface area contributed by atoms with E-state index in [9.17, 15) is 0 Å². The van der Waals surface area contributed by atoms with Gasteiger partial charge in [-0.3, -0.25) is 0 Å². The first kappa shape index (κ1) is 10.1. The minimum Gasteiger partial charge on any atom is -0.193 e. The first-order valence-corrected chi connectivity index (χ1v) is 4.43. The van der Waals surface area contributed by atoms with Gasteiger partial charge in [-0.1, -0.05) is 35.3 Å². The molecule has 1 aromatic carbocycles. The average molecular weight is 212 g/mol. The first-order valence-electron chi connectivity index (χ1n) is 3.67. The summed E-state index contributed by atoms with van der Waals surface area (Å²) < 4.78 is 0. The van der Waals surface area contributed by atoms with Gasteiger partial charge in [0.2, 0.25) is 0 Å². The van der Waals surface area contributed by atoms with Crippen molar-refractivity contribution in [3.63, 3.8) is 0 Å². The van der Waals surface area contributed by atoms with E-state index in [2.05, 4.69) is 0 Å². The van der Waals surface area contributed by atoms with Gasteiger partial charge in [-0.15, -0.1) is 0 Å². The Balaban J connectivity index is 3.25. The summed E-state index contributed by atoms with van der Waals surface area (Å²) in [5, 5.41) is 9.49. The molecule has 1 rings (SSSR count). The Kier molecular flexibility index (Phi) is 3.36. The number of halogens is 2. The Hall–Kier alpha value is -0.970. The van der Waals surface area contributed by atoms with Gasteiger partial charge in [-0.05, 0) is 24.1 Å². The maximum atomic E-state index is 8.41. The van der Waals surface area contributed by atoms with E-state index in [0.29, 0.717) is 10.1 Å². The molecule has 0 spiro atoms. The largest absolute Gasteiger partial charge is 0.193 e. The highest BCUT2D eigenvalue weighted by molar-refractivity contribution is 6.49. The second-order valence-corrected chi connectivity index (χ2v) is 3.35. The number of nitriles is 1. The molecule has 0 aliphatic heterocycles. The fourth-order valence-corrected chi connectivity index (χ4v) is 1.43. The number of benzene rings is 1. The lowest BCUT2D eigenvalue weighted by Gasteiger charge is -2.04. The van der Waals surface area contributed by atoms with Crippen molar-refractivity contribution in [1.29, 1.82) is 5.26 Å². The van der Waals surface area contributed by atoms with Crippen molar-refractivity contribution < 1.29 is 0 Å². The molecule has 0 aliphatic rings. The minimum atomic E-state index is 0.419. The highest BCUT2D eigenvalue weighted by Gasteiger charge is 2.04. The van der Waals surface area contributed by atoms with Crippen LogP contribution in [-0.4, -0.2) is 0 Å². The van der Waals surface area contributed by atoms with Crippen LogP contribution < -0.4 is 0 Å². The van der Waals surface area contributed by atoms with Crippen molar-refractivity contribution in [3.05, 3.63) is 40.4 Å². The third kappa shape index (κ3) is 2.24. The number of nitrogens with zero attached hydrogens (tertiary/aromatic N) is 1. The molecule has 0 saturated carbocycles. The Morgan fingerprint density at radius 2 is 2.23 bits per heavy atom. The third-order valence-corrected chi connectivity index (χ3v) is 2.44. The Labute approximate surface area is 87.2 Å². The third-order valence-electron chi connectivity index (χ3n) is 1.72. The van der Waals surface area contributed by atoms with Gasteiger partial charge in [0, 0.05) is 11.1 Å². The van der Waals surface area contributed by atoms with Crippen LogP contribution >= 0.6 is 23.2 Å². The predicted molar refractivity (Wildman–Crippen MR) is 55.6 cm³/mol. The molecular formula is C10H7Cl2N. The van der Waals surface area contributed by atoms with Gasteiger partial charge in [0.15, 0.2) is 0 Å². The summed E-state index contributed by atoms with van der Waals surface area (Å²) in [4.78, 5) is 0. The van der Waals surface area contributed by atoms with Crippen molar-refractivity contribution in [1.82, 2.24) is 0 Å². The van der Waals surface area contributed by atoms with Crippen LogP contribution in [-0.2, 0) is 0 Å². The maximum absolute atomic E-state index is 8.41. The normalized spacial score (nSPS) is 11.1. The molecule has 0 aliphatic carbocycles. The number of hydrogen-bond acceptors (Lipinski definition) is 1. The molecule has 0 fully saturated rings. The van der Waals surface area contributed by atoms with Crippen LogP contribution in [0.25, 0.3) is 5.03 Å². The van der Waals surface area contributed by atoms with Crippen LogP contribution in [0.1, 0.15) is 11.1 Å². The molecule has 0 N–H and O–H groups in total. The van der Waals surface area contributed by atoms with Crippen LogP contribution in [0.15, 0.2) is 24.3 Å². The Morgan fingerprint density at radius 3 is 2.85 bits per heavy atom. The molecule has 0 amide bonds. The van der Waals surface area contributed by atoms with E-state index in [1.807, 2.05) is 19.1 Å². The van der Waals surface area contributed by atoms with Crippen molar-refractivity contribution in [3.8, 4) is 6.07 Å². The lowest BCUT2D eigenvalue weighted by Crippen LogP contribution is -1.84. The van der Waals surface area contributed by atoms with Gasteiger partial charge in [-0.2, -0.15) is 5.26 Å². The van der Waals surface area contributed by atoms with E-state index in [0.717, 1.165) is 11.1 Å². The fourth-order valence-electron chi connectivity index (χ4n) is 1.00. The van der Waals surface area contributed by atoms with Gasteiger partial charge in [0.1, 0.15) is 0 Å². The van der Waals surface area contributed by atoms with Gasteiger partial charge < -0.3 is 0 Å². The molecule has 0 unspecified atom stereocenters. The zero-order valence-corrected chi connectivity index (χ0v) is 8.52. The van der Waals surface area contributed by atoms with E-state index in [1.165, 1.54) is 6.08 Å². The van der Waals surface area contributed by atoms with Crippen molar-refractivity contribution >= 4 is 28.2 Å². The van der Waals surface area contributed by atoms with E-state index in [-0.39, 0.29) is 0 Å². The molecule has 0 aromatic heterocycles. The summed E-state index contributed by atoms with van der Waals surface area (Å²) >= 11 is 11.8. The fraction of sp³-hybridized carbons (Fsp3) is 0.100. The summed E-state index contributed by atoms with van der Waals surface area (Å²) in [6, 6.07) is 7.30. The molecule has 0 saturated heterocycles. The van der Waals surface area contributed by atoms with E-state index in [1.54, 1.807) is 12.1 Å². The number of rotatable bonds is 1. The van der Waals surface area contributed by atoms with Gasteiger partial charge >= 0.3 is 0 Å². The van der Waals surface area contributed by atoms with E-state index >= 15 is 0 Å². The van der Waals surface area contributed by atoms with Gasteiger partial charge in [0.05, 0.1) is 11.1 Å².